The Morgan fingerprint density at radius 2 is 2.20 bits per heavy atom. The lowest BCUT2D eigenvalue weighted by atomic mass is 10.0. The highest BCUT2D eigenvalue weighted by Crippen LogP contribution is 2.31. The molecular formula is C9H7BrClNO3. The van der Waals surface area contributed by atoms with E-state index in [9.17, 15) is 14.9 Å². The predicted molar refractivity (Wildman–Crippen MR) is 60.6 cm³/mol. The topological polar surface area (TPSA) is 60.2 Å². The maximum Gasteiger partial charge on any atom is 0.294 e. The van der Waals surface area contributed by atoms with Gasteiger partial charge in [0.25, 0.3) is 5.69 Å². The maximum absolute atomic E-state index is 11.5. The number of hydrogen-bond donors (Lipinski definition) is 0. The highest BCUT2D eigenvalue weighted by atomic mass is 79.9. The number of alkyl halides is 1. The summed E-state index contributed by atoms with van der Waals surface area (Å²) in [5.41, 5.74) is 0.403. The van der Waals surface area contributed by atoms with Gasteiger partial charge < -0.3 is 0 Å². The van der Waals surface area contributed by atoms with Gasteiger partial charge in [0.15, 0.2) is 5.78 Å². The van der Waals surface area contributed by atoms with Gasteiger partial charge in [-0.2, -0.15) is 0 Å². The molecule has 0 unspecified atom stereocenters. The molecule has 80 valence electrons. The van der Waals surface area contributed by atoms with E-state index in [-0.39, 0.29) is 21.6 Å². The van der Waals surface area contributed by atoms with Gasteiger partial charge in [-0.3, -0.25) is 14.9 Å². The molecule has 1 rings (SSSR count). The summed E-state index contributed by atoms with van der Waals surface area (Å²) in [5, 5.41) is 10.8. The largest absolute Gasteiger partial charge is 0.294 e. The molecule has 0 spiro atoms. The molecule has 0 aliphatic rings. The van der Waals surface area contributed by atoms with Crippen LogP contribution in [-0.4, -0.2) is 16.6 Å². The number of carbonyl (C=O) groups excluding carboxylic acids is 1. The minimum absolute atomic E-state index is 0.0735. The molecule has 15 heavy (non-hydrogen) atoms. The Labute approximate surface area is 99.5 Å². The van der Waals surface area contributed by atoms with E-state index >= 15 is 0 Å². The molecule has 0 aliphatic carbocycles. The summed E-state index contributed by atoms with van der Waals surface area (Å²) in [6.07, 6.45) is 0. The van der Waals surface area contributed by atoms with Crippen molar-refractivity contribution >= 4 is 39.0 Å². The average molecular weight is 293 g/mol. The highest BCUT2D eigenvalue weighted by Gasteiger charge is 2.24. The summed E-state index contributed by atoms with van der Waals surface area (Å²) >= 11 is 8.44. The summed E-state index contributed by atoms with van der Waals surface area (Å²) in [6.45, 7) is 1.64. The van der Waals surface area contributed by atoms with E-state index < -0.39 is 10.7 Å². The first kappa shape index (κ1) is 12.1. The second-order valence-corrected chi connectivity index (χ2v) is 4.02. The van der Waals surface area contributed by atoms with E-state index in [2.05, 4.69) is 15.9 Å². The van der Waals surface area contributed by atoms with Crippen LogP contribution in [0.1, 0.15) is 15.9 Å². The SMILES string of the molecule is Cc1ccc(Br)c([N+](=O)[O-])c1C(=O)CCl. The minimum Gasteiger partial charge on any atom is -0.293 e. The van der Waals surface area contributed by atoms with Gasteiger partial charge in [0.05, 0.1) is 15.3 Å². The molecule has 6 heteroatoms. The molecule has 1 aromatic carbocycles. The molecule has 0 saturated heterocycles. The van der Waals surface area contributed by atoms with Crippen LogP contribution in [0.4, 0.5) is 5.69 Å². The van der Waals surface area contributed by atoms with Crippen LogP contribution in [0.3, 0.4) is 0 Å². The molecule has 0 heterocycles. The fourth-order valence-electron chi connectivity index (χ4n) is 1.26. The van der Waals surface area contributed by atoms with E-state index in [1.54, 1.807) is 19.1 Å². The van der Waals surface area contributed by atoms with Crippen molar-refractivity contribution in [2.45, 2.75) is 6.92 Å². The molecule has 0 atom stereocenters. The first-order valence-corrected chi connectivity index (χ1v) is 5.34. The van der Waals surface area contributed by atoms with Crippen LogP contribution >= 0.6 is 27.5 Å². The molecule has 0 fully saturated rings. The van der Waals surface area contributed by atoms with Gasteiger partial charge in [-0.05, 0) is 34.5 Å². The number of ketones is 1. The molecule has 0 N–H and O–H groups in total. The highest BCUT2D eigenvalue weighted by molar-refractivity contribution is 9.10. The second-order valence-electron chi connectivity index (χ2n) is 2.90. The van der Waals surface area contributed by atoms with Crippen molar-refractivity contribution in [1.82, 2.24) is 0 Å². The van der Waals surface area contributed by atoms with Gasteiger partial charge in [0.1, 0.15) is 5.56 Å². The van der Waals surface area contributed by atoms with E-state index in [4.69, 9.17) is 11.6 Å². The number of halogens is 2. The zero-order chi connectivity index (χ0) is 11.6. The lowest BCUT2D eigenvalue weighted by molar-refractivity contribution is -0.386. The Morgan fingerprint density at radius 1 is 1.60 bits per heavy atom. The molecule has 0 aliphatic heterocycles. The van der Waals surface area contributed by atoms with Gasteiger partial charge >= 0.3 is 0 Å². The Kier molecular flexibility index (Phi) is 3.82. The Hall–Kier alpha value is -0.940. The van der Waals surface area contributed by atoms with Gasteiger partial charge in [-0.15, -0.1) is 11.6 Å². The average Bonchev–Trinajstić information content (AvgIpc) is 2.19. The molecular weight excluding hydrogens is 285 g/mol. The number of nitro groups is 1. The Balaban J connectivity index is 3.52. The summed E-state index contributed by atoms with van der Waals surface area (Å²) in [7, 11) is 0. The molecule has 0 amide bonds. The quantitative estimate of drug-likeness (QED) is 0.372. The van der Waals surface area contributed by atoms with Crippen molar-refractivity contribution in [1.29, 1.82) is 0 Å². The monoisotopic (exact) mass is 291 g/mol. The van der Waals surface area contributed by atoms with Gasteiger partial charge in [0.2, 0.25) is 0 Å². The van der Waals surface area contributed by atoms with Crippen LogP contribution in [-0.2, 0) is 0 Å². The summed E-state index contributed by atoms with van der Waals surface area (Å²) in [6, 6.07) is 3.18. The van der Waals surface area contributed by atoms with Crippen molar-refractivity contribution in [2.24, 2.45) is 0 Å². The third-order valence-corrected chi connectivity index (χ3v) is 2.80. The Bertz CT molecular complexity index is 434. The van der Waals surface area contributed by atoms with Crippen LogP contribution in [0.2, 0.25) is 0 Å². The predicted octanol–water partition coefficient (Wildman–Crippen LogP) is 3.09. The third kappa shape index (κ3) is 2.35. The van der Waals surface area contributed by atoms with Crippen molar-refractivity contribution in [3.8, 4) is 0 Å². The lowest BCUT2D eigenvalue weighted by Crippen LogP contribution is -2.08. The van der Waals surface area contributed by atoms with E-state index in [0.717, 1.165) is 0 Å². The first-order chi connectivity index (χ1) is 6.99. The number of carbonyl (C=O) groups is 1. The lowest BCUT2D eigenvalue weighted by Gasteiger charge is -2.05. The summed E-state index contributed by atoms with van der Waals surface area (Å²) in [5.74, 6) is -0.708. The zero-order valence-electron chi connectivity index (χ0n) is 7.79. The van der Waals surface area contributed by atoms with E-state index in [1.165, 1.54) is 0 Å². The number of benzene rings is 1. The van der Waals surface area contributed by atoms with E-state index in [1.807, 2.05) is 0 Å². The molecule has 0 radical (unpaired) electrons. The molecule has 0 bridgehead atoms. The number of aryl methyl sites for hydroxylation is 1. The second kappa shape index (κ2) is 4.72. The Morgan fingerprint density at radius 3 is 2.67 bits per heavy atom. The first-order valence-electron chi connectivity index (χ1n) is 4.01. The van der Waals surface area contributed by atoms with Crippen LogP contribution < -0.4 is 0 Å². The molecule has 0 aromatic heterocycles. The standard InChI is InChI=1S/C9H7BrClNO3/c1-5-2-3-6(10)9(12(14)15)8(5)7(13)4-11/h2-3H,4H2,1H3. The maximum atomic E-state index is 11.5. The van der Waals surface area contributed by atoms with Crippen LogP contribution in [0, 0.1) is 17.0 Å². The van der Waals surface area contributed by atoms with Crippen LogP contribution in [0.25, 0.3) is 0 Å². The number of rotatable bonds is 3. The smallest absolute Gasteiger partial charge is 0.293 e. The number of Topliss-reactive ketones (excluding diaryl/α,β-unsaturated/α-hetero) is 1. The molecule has 0 saturated carbocycles. The third-order valence-electron chi connectivity index (χ3n) is 1.92. The van der Waals surface area contributed by atoms with Crippen molar-refractivity contribution in [2.75, 3.05) is 5.88 Å². The fraction of sp³-hybridized carbons (Fsp3) is 0.222. The molecule has 1 aromatic rings. The zero-order valence-corrected chi connectivity index (χ0v) is 10.1. The van der Waals surface area contributed by atoms with Crippen LogP contribution in [0.15, 0.2) is 16.6 Å². The van der Waals surface area contributed by atoms with Crippen molar-refractivity contribution in [3.05, 3.63) is 37.8 Å². The fourth-order valence-corrected chi connectivity index (χ4v) is 1.87. The summed E-state index contributed by atoms with van der Waals surface area (Å²) in [4.78, 5) is 21.7. The van der Waals surface area contributed by atoms with Crippen LogP contribution in [0.5, 0.6) is 0 Å². The van der Waals surface area contributed by atoms with Gasteiger partial charge in [0, 0.05) is 0 Å². The number of nitro benzene ring substituents is 1. The van der Waals surface area contributed by atoms with E-state index in [0.29, 0.717) is 5.56 Å². The number of nitrogens with zero attached hydrogens (tertiary/aromatic N) is 1. The molecule has 4 nitrogen and oxygen atoms in total. The normalized spacial score (nSPS) is 10.1. The van der Waals surface area contributed by atoms with Gasteiger partial charge in [-0.25, -0.2) is 0 Å². The van der Waals surface area contributed by atoms with Crippen molar-refractivity contribution in [3.63, 3.8) is 0 Å². The van der Waals surface area contributed by atoms with Gasteiger partial charge in [-0.1, -0.05) is 6.07 Å². The number of hydrogen-bond acceptors (Lipinski definition) is 3. The minimum atomic E-state index is -0.586. The summed E-state index contributed by atoms with van der Waals surface area (Å²) < 4.78 is 0.284. The van der Waals surface area contributed by atoms with Crippen molar-refractivity contribution < 1.29 is 9.72 Å².